The first-order chi connectivity index (χ1) is 6.13. The van der Waals surface area contributed by atoms with Gasteiger partial charge in [0, 0.05) is 4.47 Å². The van der Waals surface area contributed by atoms with E-state index >= 15 is 0 Å². The lowest BCUT2D eigenvalue weighted by molar-refractivity contribution is -0.111. The third-order valence-electron chi connectivity index (χ3n) is 1.37. The Labute approximate surface area is 83.6 Å². The van der Waals surface area contributed by atoms with E-state index in [0.717, 1.165) is 6.08 Å². The standard InChI is InChI=1S/C9H7BrFNO/c1-2-9(13)12-8-5-6(10)3-4-7(8)11/h2-5H,1H2,(H,12,13). The fourth-order valence-electron chi connectivity index (χ4n) is 0.777. The average molecular weight is 244 g/mol. The molecule has 0 aliphatic heterocycles. The van der Waals surface area contributed by atoms with Crippen LogP contribution in [0.3, 0.4) is 0 Å². The summed E-state index contributed by atoms with van der Waals surface area (Å²) < 4.78 is 13.7. The largest absolute Gasteiger partial charge is 0.320 e. The van der Waals surface area contributed by atoms with Crippen molar-refractivity contribution in [3.63, 3.8) is 0 Å². The quantitative estimate of drug-likeness (QED) is 0.796. The van der Waals surface area contributed by atoms with E-state index in [2.05, 4.69) is 27.8 Å². The van der Waals surface area contributed by atoms with Crippen LogP contribution in [0.1, 0.15) is 0 Å². The Hall–Kier alpha value is -1.16. The molecule has 13 heavy (non-hydrogen) atoms. The third kappa shape index (κ3) is 2.66. The van der Waals surface area contributed by atoms with E-state index in [1.54, 1.807) is 6.07 Å². The van der Waals surface area contributed by atoms with Crippen LogP contribution in [0, 0.1) is 5.82 Å². The maximum atomic E-state index is 13.0. The number of amides is 1. The van der Waals surface area contributed by atoms with Crippen LogP contribution >= 0.6 is 15.9 Å². The molecule has 1 aromatic rings. The van der Waals surface area contributed by atoms with Gasteiger partial charge < -0.3 is 5.32 Å². The molecule has 0 unspecified atom stereocenters. The topological polar surface area (TPSA) is 29.1 Å². The number of hydrogen-bond donors (Lipinski definition) is 1. The zero-order valence-electron chi connectivity index (χ0n) is 6.68. The van der Waals surface area contributed by atoms with E-state index in [0.29, 0.717) is 4.47 Å². The van der Waals surface area contributed by atoms with Gasteiger partial charge in [0.2, 0.25) is 5.91 Å². The monoisotopic (exact) mass is 243 g/mol. The lowest BCUT2D eigenvalue weighted by Crippen LogP contribution is -2.08. The summed E-state index contributed by atoms with van der Waals surface area (Å²) in [4.78, 5) is 10.8. The predicted molar refractivity (Wildman–Crippen MR) is 52.9 cm³/mol. The molecule has 0 heterocycles. The first-order valence-corrected chi connectivity index (χ1v) is 4.31. The highest BCUT2D eigenvalue weighted by molar-refractivity contribution is 9.10. The van der Waals surface area contributed by atoms with Gasteiger partial charge in [0.15, 0.2) is 0 Å². The second kappa shape index (κ2) is 4.18. The average Bonchev–Trinajstić information content (AvgIpc) is 2.11. The van der Waals surface area contributed by atoms with Crippen molar-refractivity contribution >= 4 is 27.5 Å². The van der Waals surface area contributed by atoms with Crippen molar-refractivity contribution in [1.29, 1.82) is 0 Å². The minimum atomic E-state index is -0.474. The van der Waals surface area contributed by atoms with Crippen molar-refractivity contribution < 1.29 is 9.18 Å². The molecule has 0 saturated heterocycles. The smallest absolute Gasteiger partial charge is 0.247 e. The van der Waals surface area contributed by atoms with E-state index < -0.39 is 11.7 Å². The van der Waals surface area contributed by atoms with Crippen molar-refractivity contribution in [3.8, 4) is 0 Å². The van der Waals surface area contributed by atoms with Crippen LogP contribution in [0.25, 0.3) is 0 Å². The molecule has 68 valence electrons. The number of halogens is 2. The van der Waals surface area contributed by atoms with Gasteiger partial charge in [-0.3, -0.25) is 4.79 Å². The molecule has 0 aliphatic rings. The Balaban J connectivity index is 2.93. The first kappa shape index (κ1) is 9.92. The fourth-order valence-corrected chi connectivity index (χ4v) is 1.14. The van der Waals surface area contributed by atoms with E-state index in [1.807, 2.05) is 0 Å². The second-order valence-electron chi connectivity index (χ2n) is 2.32. The molecule has 0 spiro atoms. The van der Waals surface area contributed by atoms with E-state index in [1.165, 1.54) is 12.1 Å². The first-order valence-electron chi connectivity index (χ1n) is 3.52. The predicted octanol–water partition coefficient (Wildman–Crippen LogP) is 2.71. The van der Waals surface area contributed by atoms with Crippen LogP contribution in [0.4, 0.5) is 10.1 Å². The van der Waals surface area contributed by atoms with Crippen molar-refractivity contribution in [2.24, 2.45) is 0 Å². The van der Waals surface area contributed by atoms with Gasteiger partial charge in [0.05, 0.1) is 5.69 Å². The molecule has 0 fully saturated rings. The van der Waals surface area contributed by atoms with Crippen LogP contribution in [0.5, 0.6) is 0 Å². The Morgan fingerprint density at radius 2 is 2.31 bits per heavy atom. The molecule has 0 saturated carbocycles. The molecule has 0 bridgehead atoms. The maximum Gasteiger partial charge on any atom is 0.247 e. The minimum absolute atomic E-state index is 0.138. The normalized spacial score (nSPS) is 9.38. The van der Waals surface area contributed by atoms with Crippen molar-refractivity contribution in [2.75, 3.05) is 5.32 Å². The molecular formula is C9H7BrFNO. The Morgan fingerprint density at radius 1 is 1.62 bits per heavy atom. The summed E-state index contributed by atoms with van der Waals surface area (Å²) in [5, 5.41) is 2.34. The van der Waals surface area contributed by atoms with Crippen molar-refractivity contribution in [2.45, 2.75) is 0 Å². The summed E-state index contributed by atoms with van der Waals surface area (Å²) >= 11 is 3.16. The minimum Gasteiger partial charge on any atom is -0.320 e. The highest BCUT2D eigenvalue weighted by atomic mass is 79.9. The summed E-state index contributed by atoms with van der Waals surface area (Å²) in [6.45, 7) is 3.26. The van der Waals surface area contributed by atoms with Crippen LogP contribution in [0.2, 0.25) is 0 Å². The molecule has 0 aliphatic carbocycles. The molecule has 0 radical (unpaired) electrons. The fraction of sp³-hybridized carbons (Fsp3) is 0. The van der Waals surface area contributed by atoms with Gasteiger partial charge >= 0.3 is 0 Å². The SMILES string of the molecule is C=CC(=O)Nc1cc(Br)ccc1F. The van der Waals surface area contributed by atoms with Crippen LogP contribution in [-0.4, -0.2) is 5.91 Å². The van der Waals surface area contributed by atoms with Crippen molar-refractivity contribution in [1.82, 2.24) is 0 Å². The van der Waals surface area contributed by atoms with E-state index in [9.17, 15) is 9.18 Å². The van der Waals surface area contributed by atoms with Crippen LogP contribution in [0.15, 0.2) is 35.3 Å². The molecular weight excluding hydrogens is 237 g/mol. The number of anilines is 1. The molecule has 4 heteroatoms. The maximum absolute atomic E-state index is 13.0. The number of benzene rings is 1. The number of carbonyl (C=O) groups is 1. The highest BCUT2D eigenvalue weighted by Gasteiger charge is 2.03. The summed E-state index contributed by atoms with van der Waals surface area (Å²) in [6, 6.07) is 4.30. The van der Waals surface area contributed by atoms with Gasteiger partial charge in [0.25, 0.3) is 0 Å². The summed E-state index contributed by atoms with van der Waals surface area (Å²) in [5.74, 6) is -0.907. The van der Waals surface area contributed by atoms with Gasteiger partial charge in [-0.05, 0) is 24.3 Å². The van der Waals surface area contributed by atoms with Gasteiger partial charge in [-0.15, -0.1) is 0 Å². The van der Waals surface area contributed by atoms with E-state index in [-0.39, 0.29) is 5.69 Å². The Morgan fingerprint density at radius 3 is 2.92 bits per heavy atom. The van der Waals surface area contributed by atoms with Gasteiger partial charge in [-0.2, -0.15) is 0 Å². The molecule has 1 rings (SSSR count). The zero-order valence-corrected chi connectivity index (χ0v) is 8.27. The van der Waals surface area contributed by atoms with Crippen LogP contribution < -0.4 is 5.32 Å². The summed E-state index contributed by atoms with van der Waals surface area (Å²) in [7, 11) is 0. The number of rotatable bonds is 2. The molecule has 2 nitrogen and oxygen atoms in total. The lowest BCUT2D eigenvalue weighted by atomic mass is 10.3. The van der Waals surface area contributed by atoms with Crippen molar-refractivity contribution in [3.05, 3.63) is 41.1 Å². The Bertz CT molecular complexity index is 351. The molecule has 1 amide bonds. The number of carbonyl (C=O) groups excluding carboxylic acids is 1. The molecule has 0 aromatic heterocycles. The Kier molecular flexibility index (Phi) is 3.19. The lowest BCUT2D eigenvalue weighted by Gasteiger charge is -2.03. The van der Waals surface area contributed by atoms with Crippen LogP contribution in [-0.2, 0) is 4.79 Å². The second-order valence-corrected chi connectivity index (χ2v) is 3.23. The third-order valence-corrected chi connectivity index (χ3v) is 1.86. The summed E-state index contributed by atoms with van der Waals surface area (Å²) in [5.41, 5.74) is 0.138. The number of nitrogens with one attached hydrogen (secondary N) is 1. The van der Waals surface area contributed by atoms with Gasteiger partial charge in [0.1, 0.15) is 5.82 Å². The zero-order chi connectivity index (χ0) is 9.84. The molecule has 1 N–H and O–H groups in total. The van der Waals surface area contributed by atoms with Gasteiger partial charge in [-0.1, -0.05) is 22.5 Å². The molecule has 1 aromatic carbocycles. The van der Waals surface area contributed by atoms with E-state index in [4.69, 9.17) is 0 Å². The van der Waals surface area contributed by atoms with Gasteiger partial charge in [-0.25, -0.2) is 4.39 Å². The summed E-state index contributed by atoms with van der Waals surface area (Å²) in [6.07, 6.45) is 1.08. The molecule has 0 atom stereocenters. The number of hydrogen-bond acceptors (Lipinski definition) is 1. The highest BCUT2D eigenvalue weighted by Crippen LogP contribution is 2.19.